The third-order valence-electron chi connectivity index (χ3n) is 4.58. The fourth-order valence-corrected chi connectivity index (χ4v) is 3.31. The second kappa shape index (κ2) is 9.09. The molecule has 0 N–H and O–H groups in total. The van der Waals surface area contributed by atoms with E-state index < -0.39 is 12.5 Å². The van der Waals surface area contributed by atoms with Crippen LogP contribution >= 0.6 is 11.6 Å². The third kappa shape index (κ3) is 4.76. The van der Waals surface area contributed by atoms with Crippen LogP contribution in [0.5, 0.6) is 11.5 Å². The first-order valence-corrected chi connectivity index (χ1v) is 9.24. The predicted octanol–water partition coefficient (Wildman–Crippen LogP) is 3.55. The molecule has 154 valence electrons. The molecule has 3 rings (SSSR count). The van der Waals surface area contributed by atoms with Crippen LogP contribution in [0.25, 0.3) is 0 Å². The van der Waals surface area contributed by atoms with E-state index in [1.165, 1.54) is 36.3 Å². The second-order valence-electron chi connectivity index (χ2n) is 6.30. The van der Waals surface area contributed by atoms with Gasteiger partial charge in [0.25, 0.3) is 11.8 Å². The van der Waals surface area contributed by atoms with Crippen molar-refractivity contribution in [1.82, 2.24) is 9.80 Å². The van der Waals surface area contributed by atoms with Gasteiger partial charge < -0.3 is 19.3 Å². The molecule has 0 aliphatic carbocycles. The lowest BCUT2D eigenvalue weighted by Gasteiger charge is -2.35. The lowest BCUT2D eigenvalue weighted by molar-refractivity contribution is -0.0503. The molecule has 0 aromatic heterocycles. The van der Waals surface area contributed by atoms with Gasteiger partial charge in [-0.3, -0.25) is 9.59 Å². The molecule has 2 aromatic rings. The average Bonchev–Trinajstić information content (AvgIpc) is 2.73. The number of carbonyl (C=O) groups excluding carboxylic acids is 2. The predicted molar refractivity (Wildman–Crippen MR) is 103 cm³/mol. The van der Waals surface area contributed by atoms with Crippen molar-refractivity contribution in [3.05, 3.63) is 58.6 Å². The first-order valence-electron chi connectivity index (χ1n) is 8.86. The SMILES string of the molecule is COc1ccc(Cl)cc1C(=O)N1CCN(C(=O)c2ccccc2OC(F)F)CC1. The van der Waals surface area contributed by atoms with Crippen LogP contribution in [-0.2, 0) is 0 Å². The number of hydrogen-bond acceptors (Lipinski definition) is 4. The molecule has 0 radical (unpaired) electrons. The molecule has 2 amide bonds. The van der Waals surface area contributed by atoms with Gasteiger partial charge in [0, 0.05) is 31.2 Å². The Balaban J connectivity index is 1.69. The summed E-state index contributed by atoms with van der Waals surface area (Å²) in [5, 5.41) is 0.415. The summed E-state index contributed by atoms with van der Waals surface area (Å²) in [4.78, 5) is 28.7. The monoisotopic (exact) mass is 424 g/mol. The van der Waals surface area contributed by atoms with E-state index in [4.69, 9.17) is 16.3 Å². The van der Waals surface area contributed by atoms with E-state index in [0.717, 1.165) is 0 Å². The summed E-state index contributed by atoms with van der Waals surface area (Å²) in [5.41, 5.74) is 0.402. The zero-order chi connectivity index (χ0) is 21.0. The standard InChI is InChI=1S/C20H19ClF2N2O4/c1-28-16-7-6-13(21)12-15(16)19(27)25-10-8-24(9-11-25)18(26)14-4-2-3-5-17(14)29-20(22)23/h2-7,12,20H,8-11H2,1H3. The zero-order valence-electron chi connectivity index (χ0n) is 15.6. The van der Waals surface area contributed by atoms with Crippen LogP contribution in [0.3, 0.4) is 0 Å². The average molecular weight is 425 g/mol. The van der Waals surface area contributed by atoms with Crippen molar-refractivity contribution in [2.75, 3.05) is 33.3 Å². The number of hydrogen-bond donors (Lipinski definition) is 0. The van der Waals surface area contributed by atoms with Gasteiger partial charge in [0.05, 0.1) is 18.2 Å². The van der Waals surface area contributed by atoms with Crippen molar-refractivity contribution in [2.24, 2.45) is 0 Å². The first-order chi connectivity index (χ1) is 13.9. The number of amides is 2. The molecule has 1 fully saturated rings. The Kier molecular flexibility index (Phi) is 6.53. The molecule has 1 aliphatic rings. The molecular formula is C20H19ClF2N2O4. The van der Waals surface area contributed by atoms with Gasteiger partial charge >= 0.3 is 6.61 Å². The molecule has 2 aromatic carbocycles. The maximum absolute atomic E-state index is 12.8. The van der Waals surface area contributed by atoms with Gasteiger partial charge in [0.2, 0.25) is 0 Å². The number of benzene rings is 2. The number of rotatable bonds is 5. The van der Waals surface area contributed by atoms with Crippen molar-refractivity contribution < 1.29 is 27.8 Å². The number of carbonyl (C=O) groups is 2. The lowest BCUT2D eigenvalue weighted by Crippen LogP contribution is -2.50. The van der Waals surface area contributed by atoms with E-state index in [2.05, 4.69) is 4.74 Å². The molecule has 6 nitrogen and oxygen atoms in total. The highest BCUT2D eigenvalue weighted by Crippen LogP contribution is 2.26. The van der Waals surface area contributed by atoms with Crippen molar-refractivity contribution in [3.63, 3.8) is 0 Å². The molecule has 9 heteroatoms. The Morgan fingerprint density at radius 1 is 0.931 bits per heavy atom. The van der Waals surface area contributed by atoms with Crippen molar-refractivity contribution in [1.29, 1.82) is 0 Å². The maximum Gasteiger partial charge on any atom is 0.387 e. The van der Waals surface area contributed by atoms with E-state index in [0.29, 0.717) is 16.3 Å². The van der Waals surface area contributed by atoms with Gasteiger partial charge in [-0.05, 0) is 30.3 Å². The quantitative estimate of drug-likeness (QED) is 0.736. The van der Waals surface area contributed by atoms with Crippen molar-refractivity contribution in [3.8, 4) is 11.5 Å². The van der Waals surface area contributed by atoms with Gasteiger partial charge in [-0.25, -0.2) is 0 Å². The Morgan fingerprint density at radius 3 is 2.10 bits per heavy atom. The smallest absolute Gasteiger partial charge is 0.387 e. The summed E-state index contributed by atoms with van der Waals surface area (Å²) in [6.45, 7) is -1.92. The summed E-state index contributed by atoms with van der Waals surface area (Å²) in [6, 6.07) is 10.7. The Hall–Kier alpha value is -2.87. The molecule has 0 atom stereocenters. The molecule has 0 bridgehead atoms. The first kappa shape index (κ1) is 20.9. The van der Waals surface area contributed by atoms with Gasteiger partial charge in [-0.1, -0.05) is 23.7 Å². The van der Waals surface area contributed by atoms with Crippen molar-refractivity contribution in [2.45, 2.75) is 6.61 Å². The fourth-order valence-electron chi connectivity index (χ4n) is 3.14. The molecule has 1 saturated heterocycles. The van der Waals surface area contributed by atoms with E-state index in [1.807, 2.05) is 0 Å². The largest absolute Gasteiger partial charge is 0.496 e. The number of alkyl halides is 2. The van der Waals surface area contributed by atoms with Gasteiger partial charge in [-0.15, -0.1) is 0 Å². The van der Waals surface area contributed by atoms with Crippen LogP contribution in [0, 0.1) is 0 Å². The number of halogens is 3. The van der Waals surface area contributed by atoms with E-state index in [-0.39, 0.29) is 43.4 Å². The molecule has 1 heterocycles. The van der Waals surface area contributed by atoms with Gasteiger partial charge in [0.1, 0.15) is 11.5 Å². The molecule has 0 saturated carbocycles. The highest BCUT2D eigenvalue weighted by molar-refractivity contribution is 6.31. The minimum atomic E-state index is -3.02. The molecular weight excluding hydrogens is 406 g/mol. The zero-order valence-corrected chi connectivity index (χ0v) is 16.4. The third-order valence-corrected chi connectivity index (χ3v) is 4.81. The summed E-state index contributed by atoms with van der Waals surface area (Å²) in [5.74, 6) is -0.433. The number of piperazine rings is 1. The lowest BCUT2D eigenvalue weighted by atomic mass is 10.1. The van der Waals surface area contributed by atoms with Crippen molar-refractivity contribution >= 4 is 23.4 Å². The fraction of sp³-hybridized carbons (Fsp3) is 0.300. The van der Waals surface area contributed by atoms with Gasteiger partial charge in [0.15, 0.2) is 0 Å². The van der Waals surface area contributed by atoms with Crippen LogP contribution < -0.4 is 9.47 Å². The molecule has 0 spiro atoms. The maximum atomic E-state index is 12.8. The van der Waals surface area contributed by atoms with Crippen LogP contribution in [-0.4, -0.2) is 61.5 Å². The normalized spacial score (nSPS) is 14.1. The Bertz CT molecular complexity index is 902. The van der Waals surface area contributed by atoms with Crippen LogP contribution in [0.4, 0.5) is 8.78 Å². The van der Waals surface area contributed by atoms with Crippen LogP contribution in [0.2, 0.25) is 5.02 Å². The van der Waals surface area contributed by atoms with Gasteiger partial charge in [-0.2, -0.15) is 8.78 Å². The van der Waals surface area contributed by atoms with E-state index >= 15 is 0 Å². The van der Waals surface area contributed by atoms with Crippen LogP contribution in [0.1, 0.15) is 20.7 Å². The Morgan fingerprint density at radius 2 is 1.52 bits per heavy atom. The second-order valence-corrected chi connectivity index (χ2v) is 6.74. The molecule has 0 unspecified atom stereocenters. The minimum absolute atomic E-state index is 0.0593. The summed E-state index contributed by atoms with van der Waals surface area (Å²) in [6.07, 6.45) is 0. The highest BCUT2D eigenvalue weighted by Gasteiger charge is 2.28. The van der Waals surface area contributed by atoms with E-state index in [9.17, 15) is 18.4 Å². The summed E-state index contributed by atoms with van der Waals surface area (Å²) >= 11 is 6.00. The topological polar surface area (TPSA) is 59.1 Å². The summed E-state index contributed by atoms with van der Waals surface area (Å²) in [7, 11) is 1.47. The molecule has 29 heavy (non-hydrogen) atoms. The van der Waals surface area contributed by atoms with E-state index in [1.54, 1.807) is 23.1 Å². The Labute approximate surface area is 171 Å². The molecule has 1 aliphatic heterocycles. The summed E-state index contributed by atoms with van der Waals surface area (Å²) < 4.78 is 34.8. The highest BCUT2D eigenvalue weighted by atomic mass is 35.5. The van der Waals surface area contributed by atoms with Crippen LogP contribution in [0.15, 0.2) is 42.5 Å². The minimum Gasteiger partial charge on any atom is -0.496 e. The number of ether oxygens (including phenoxy) is 2. The number of methoxy groups -OCH3 is 1. The number of para-hydroxylation sites is 1. The number of nitrogens with zero attached hydrogens (tertiary/aromatic N) is 2.